The van der Waals surface area contributed by atoms with Crippen molar-refractivity contribution in [1.29, 1.82) is 0 Å². The van der Waals surface area contributed by atoms with Gasteiger partial charge in [-0.2, -0.15) is 0 Å². The van der Waals surface area contributed by atoms with E-state index in [9.17, 15) is 0 Å². The van der Waals surface area contributed by atoms with Crippen LogP contribution in [0.2, 0.25) is 0 Å². The summed E-state index contributed by atoms with van der Waals surface area (Å²) >= 11 is 0. The quantitative estimate of drug-likeness (QED) is 0.641. The van der Waals surface area contributed by atoms with E-state index in [0.717, 1.165) is 29.0 Å². The van der Waals surface area contributed by atoms with Gasteiger partial charge in [0.1, 0.15) is 11.5 Å². The van der Waals surface area contributed by atoms with E-state index < -0.39 is 0 Å². The van der Waals surface area contributed by atoms with E-state index in [1.807, 2.05) is 19.1 Å². The fraction of sp³-hybridized carbons (Fsp3) is 0.571. The number of methoxy groups -OCH3 is 2. The van der Waals surface area contributed by atoms with Gasteiger partial charge in [0.15, 0.2) is 0 Å². The van der Waals surface area contributed by atoms with Crippen molar-refractivity contribution in [2.24, 2.45) is 0 Å². The first-order valence-electron chi connectivity index (χ1n) is 6.32. The molecule has 0 aliphatic rings. The van der Waals surface area contributed by atoms with Gasteiger partial charge in [0.05, 0.1) is 33.5 Å². The number of hydrogen-bond donors (Lipinski definition) is 3. The Morgan fingerprint density at radius 2 is 1.74 bits per heavy atom. The third-order valence-corrected chi connectivity index (χ3v) is 3.07. The Kier molecular flexibility index (Phi) is 6.62. The topological polar surface area (TPSA) is 71.0 Å². The Morgan fingerprint density at radius 1 is 1.11 bits per heavy atom. The van der Waals surface area contributed by atoms with Gasteiger partial charge in [-0.25, -0.2) is 0 Å². The van der Waals surface area contributed by atoms with E-state index in [0.29, 0.717) is 6.54 Å². The maximum Gasteiger partial charge on any atom is 0.122 e. The lowest BCUT2D eigenvalue weighted by atomic mass is 10.1. The molecule has 0 aliphatic carbocycles. The Hall–Kier alpha value is -1.30. The Morgan fingerprint density at radius 3 is 2.26 bits per heavy atom. The van der Waals surface area contributed by atoms with E-state index in [2.05, 4.69) is 5.32 Å². The highest BCUT2D eigenvalue weighted by Gasteiger charge is 2.10. The van der Waals surface area contributed by atoms with Gasteiger partial charge in [0.25, 0.3) is 0 Å². The zero-order valence-corrected chi connectivity index (χ0v) is 11.8. The highest BCUT2D eigenvalue weighted by atomic mass is 16.5. The largest absolute Gasteiger partial charge is 0.496 e. The molecule has 0 heterocycles. The van der Waals surface area contributed by atoms with Gasteiger partial charge in [-0.05, 0) is 43.1 Å². The van der Waals surface area contributed by atoms with Crippen LogP contribution in [0, 0.1) is 6.92 Å². The fourth-order valence-corrected chi connectivity index (χ4v) is 1.91. The lowest BCUT2D eigenvalue weighted by Crippen LogP contribution is -2.36. The summed E-state index contributed by atoms with van der Waals surface area (Å²) in [7, 11) is 3.28. The van der Waals surface area contributed by atoms with E-state index in [1.54, 1.807) is 14.2 Å². The van der Waals surface area contributed by atoms with Crippen molar-refractivity contribution in [1.82, 2.24) is 5.32 Å². The molecule has 0 atom stereocenters. The summed E-state index contributed by atoms with van der Waals surface area (Å²) in [5.74, 6) is 1.65. The van der Waals surface area contributed by atoms with Crippen LogP contribution < -0.4 is 14.8 Å². The van der Waals surface area contributed by atoms with Gasteiger partial charge in [-0.3, -0.25) is 0 Å². The van der Waals surface area contributed by atoms with Crippen LogP contribution in [-0.4, -0.2) is 50.2 Å². The average Bonchev–Trinajstić information content (AvgIpc) is 2.44. The smallest absolute Gasteiger partial charge is 0.122 e. The second kappa shape index (κ2) is 7.99. The van der Waals surface area contributed by atoms with Crippen molar-refractivity contribution in [3.05, 3.63) is 23.3 Å². The van der Waals surface area contributed by atoms with Crippen molar-refractivity contribution in [3.8, 4) is 11.5 Å². The number of aliphatic hydroxyl groups is 2. The summed E-state index contributed by atoms with van der Waals surface area (Å²) in [6, 6.07) is 3.63. The molecule has 0 saturated carbocycles. The minimum absolute atomic E-state index is 0.0785. The zero-order valence-electron chi connectivity index (χ0n) is 11.8. The third-order valence-electron chi connectivity index (χ3n) is 3.07. The highest BCUT2D eigenvalue weighted by Crippen LogP contribution is 2.28. The lowest BCUT2D eigenvalue weighted by Gasteiger charge is -2.16. The summed E-state index contributed by atoms with van der Waals surface area (Å²) in [5.41, 5.74) is 2.06. The van der Waals surface area contributed by atoms with E-state index in [4.69, 9.17) is 19.7 Å². The molecule has 3 N–H and O–H groups in total. The van der Waals surface area contributed by atoms with Crippen molar-refractivity contribution >= 4 is 0 Å². The maximum absolute atomic E-state index is 8.98. The van der Waals surface area contributed by atoms with Crippen molar-refractivity contribution < 1.29 is 19.7 Å². The van der Waals surface area contributed by atoms with Crippen molar-refractivity contribution in [2.75, 3.05) is 34.0 Å². The maximum atomic E-state index is 8.98. The predicted molar refractivity (Wildman–Crippen MR) is 73.9 cm³/mol. The molecule has 19 heavy (non-hydrogen) atoms. The monoisotopic (exact) mass is 269 g/mol. The van der Waals surface area contributed by atoms with Gasteiger partial charge in [0, 0.05) is 0 Å². The Bertz CT molecular complexity index is 391. The molecule has 5 heteroatoms. The Labute approximate surface area is 114 Å². The zero-order chi connectivity index (χ0) is 14.3. The molecule has 1 aromatic carbocycles. The van der Waals surface area contributed by atoms with Gasteiger partial charge >= 0.3 is 0 Å². The summed E-state index contributed by atoms with van der Waals surface area (Å²) < 4.78 is 10.7. The standard InChI is InChI=1S/C14H23NO4/c1-10-6-14(19-3)11(7-13(10)18-2)4-5-15-12(8-16)9-17/h6-7,12,15-17H,4-5,8-9H2,1-3H3. The minimum atomic E-state index is -0.279. The predicted octanol–water partition coefficient (Wildman–Crippen LogP) is 0.498. The van der Waals surface area contributed by atoms with Crippen molar-refractivity contribution in [2.45, 2.75) is 19.4 Å². The minimum Gasteiger partial charge on any atom is -0.496 e. The molecule has 0 unspecified atom stereocenters. The van der Waals surface area contributed by atoms with Gasteiger partial charge in [-0.15, -0.1) is 0 Å². The molecule has 1 aromatic rings. The molecular formula is C14H23NO4. The van der Waals surface area contributed by atoms with Gasteiger partial charge in [0.2, 0.25) is 0 Å². The lowest BCUT2D eigenvalue weighted by molar-refractivity contribution is 0.171. The first-order chi connectivity index (χ1) is 9.15. The molecule has 0 fully saturated rings. The number of aryl methyl sites for hydroxylation is 1. The highest BCUT2D eigenvalue weighted by molar-refractivity contribution is 5.46. The second-order valence-electron chi connectivity index (χ2n) is 4.40. The average molecular weight is 269 g/mol. The van der Waals surface area contributed by atoms with E-state index in [1.165, 1.54) is 0 Å². The first kappa shape index (κ1) is 15.8. The first-order valence-corrected chi connectivity index (χ1v) is 6.32. The summed E-state index contributed by atoms with van der Waals surface area (Å²) in [5, 5.41) is 21.0. The fourth-order valence-electron chi connectivity index (χ4n) is 1.91. The SMILES string of the molecule is COc1cc(CCNC(CO)CO)c(OC)cc1C. The van der Waals surface area contributed by atoms with E-state index in [-0.39, 0.29) is 19.3 Å². The molecule has 5 nitrogen and oxygen atoms in total. The molecule has 0 aromatic heterocycles. The molecule has 0 aliphatic heterocycles. The number of aliphatic hydroxyl groups excluding tert-OH is 2. The number of hydrogen-bond acceptors (Lipinski definition) is 5. The van der Waals surface area contributed by atoms with Crippen LogP contribution in [0.25, 0.3) is 0 Å². The van der Waals surface area contributed by atoms with Crippen LogP contribution in [0.1, 0.15) is 11.1 Å². The van der Waals surface area contributed by atoms with Crippen LogP contribution in [0.5, 0.6) is 11.5 Å². The van der Waals surface area contributed by atoms with Gasteiger partial charge in [-0.1, -0.05) is 0 Å². The number of ether oxygens (including phenoxy) is 2. The summed E-state index contributed by atoms with van der Waals surface area (Å²) in [4.78, 5) is 0. The molecule has 0 bridgehead atoms. The third kappa shape index (κ3) is 4.38. The molecule has 0 amide bonds. The number of nitrogens with one attached hydrogen (secondary N) is 1. The summed E-state index contributed by atoms with van der Waals surface area (Å²) in [6.07, 6.45) is 0.732. The molecule has 0 saturated heterocycles. The summed E-state index contributed by atoms with van der Waals surface area (Å²) in [6.45, 7) is 2.46. The molecular weight excluding hydrogens is 246 g/mol. The van der Waals surface area contributed by atoms with Crippen molar-refractivity contribution in [3.63, 3.8) is 0 Å². The second-order valence-corrected chi connectivity index (χ2v) is 4.40. The van der Waals surface area contributed by atoms with Crippen LogP contribution in [0.3, 0.4) is 0 Å². The molecule has 108 valence electrons. The van der Waals surface area contributed by atoms with Crippen LogP contribution in [0.15, 0.2) is 12.1 Å². The van der Waals surface area contributed by atoms with Crippen LogP contribution in [-0.2, 0) is 6.42 Å². The number of rotatable bonds is 8. The van der Waals surface area contributed by atoms with Gasteiger partial charge < -0.3 is 25.0 Å². The molecule has 0 spiro atoms. The number of benzene rings is 1. The van der Waals surface area contributed by atoms with Crippen LogP contribution >= 0.6 is 0 Å². The van der Waals surface area contributed by atoms with E-state index >= 15 is 0 Å². The normalized spacial score (nSPS) is 10.8. The van der Waals surface area contributed by atoms with Crippen LogP contribution in [0.4, 0.5) is 0 Å². The molecule has 0 radical (unpaired) electrons. The Balaban J connectivity index is 2.71. The molecule has 1 rings (SSSR count).